The molecule has 0 saturated heterocycles. The molecule has 0 spiro atoms. The number of rotatable bonds is 4. The third-order valence-electron chi connectivity index (χ3n) is 3.15. The van der Waals surface area contributed by atoms with Crippen LogP contribution in [0.5, 0.6) is 0 Å². The summed E-state index contributed by atoms with van der Waals surface area (Å²) in [6, 6.07) is 6.10. The Hall–Kier alpha value is -0.930. The Labute approximate surface area is 118 Å². The Morgan fingerprint density at radius 3 is 2.56 bits per heavy atom. The number of nitrogens with two attached hydrogens (primary N) is 1. The van der Waals surface area contributed by atoms with Gasteiger partial charge >= 0.3 is 0 Å². The van der Waals surface area contributed by atoms with Crippen molar-refractivity contribution in [2.45, 2.75) is 25.3 Å². The molecule has 0 unspecified atom stereocenters. The summed E-state index contributed by atoms with van der Waals surface area (Å²) in [4.78, 5) is 6.40. The number of aliphatic imine (C=N–C) groups is 1. The molecule has 18 heavy (non-hydrogen) atoms. The fraction of sp³-hybridized carbons (Fsp3) is 0.462. The lowest BCUT2D eigenvalue weighted by Gasteiger charge is -2.16. The lowest BCUT2D eigenvalue weighted by Crippen LogP contribution is -2.35. The van der Waals surface area contributed by atoms with Crippen molar-refractivity contribution in [2.75, 3.05) is 13.6 Å². The van der Waals surface area contributed by atoms with E-state index in [1.54, 1.807) is 0 Å². The number of nitrogens with zero attached hydrogens (tertiary/aromatic N) is 2. The zero-order valence-corrected chi connectivity index (χ0v) is 11.9. The topological polar surface area (TPSA) is 41.6 Å². The molecule has 1 fully saturated rings. The number of benzene rings is 1. The lowest BCUT2D eigenvalue weighted by molar-refractivity contribution is 0.487. The summed E-state index contributed by atoms with van der Waals surface area (Å²) in [6.45, 7) is 0.604. The van der Waals surface area contributed by atoms with Gasteiger partial charge in [-0.2, -0.15) is 0 Å². The zero-order valence-electron chi connectivity index (χ0n) is 10.4. The Morgan fingerprint density at radius 1 is 1.39 bits per heavy atom. The van der Waals surface area contributed by atoms with Gasteiger partial charge in [-0.3, -0.25) is 4.99 Å². The van der Waals surface area contributed by atoms with Crippen molar-refractivity contribution in [1.82, 2.24) is 4.90 Å². The molecule has 0 atom stereocenters. The van der Waals surface area contributed by atoms with Gasteiger partial charge in [0.1, 0.15) is 0 Å². The predicted octanol–water partition coefficient (Wildman–Crippen LogP) is 2.94. The minimum Gasteiger partial charge on any atom is -0.370 e. The highest BCUT2D eigenvalue weighted by Gasteiger charge is 2.27. The Morgan fingerprint density at radius 2 is 2.00 bits per heavy atom. The van der Waals surface area contributed by atoms with Gasteiger partial charge in [-0.25, -0.2) is 0 Å². The van der Waals surface area contributed by atoms with Gasteiger partial charge in [-0.05, 0) is 37.0 Å². The van der Waals surface area contributed by atoms with E-state index in [-0.39, 0.29) is 0 Å². The van der Waals surface area contributed by atoms with Crippen molar-refractivity contribution in [3.8, 4) is 0 Å². The van der Waals surface area contributed by atoms with Crippen molar-refractivity contribution in [1.29, 1.82) is 0 Å². The predicted molar refractivity (Wildman–Crippen MR) is 77.4 cm³/mol. The van der Waals surface area contributed by atoms with Crippen LogP contribution in [0.2, 0.25) is 10.0 Å². The molecule has 98 valence electrons. The molecule has 0 heterocycles. The lowest BCUT2D eigenvalue weighted by atomic mass is 10.1. The van der Waals surface area contributed by atoms with E-state index in [1.807, 2.05) is 30.1 Å². The fourth-order valence-electron chi connectivity index (χ4n) is 1.81. The van der Waals surface area contributed by atoms with Gasteiger partial charge < -0.3 is 10.6 Å². The highest BCUT2D eigenvalue weighted by atomic mass is 35.5. The summed E-state index contributed by atoms with van der Waals surface area (Å²) in [6.07, 6.45) is 3.13. The third-order valence-corrected chi connectivity index (χ3v) is 3.86. The molecule has 0 aliphatic heterocycles. The first-order chi connectivity index (χ1) is 8.59. The average molecular weight is 286 g/mol. The molecule has 1 aliphatic rings. The van der Waals surface area contributed by atoms with E-state index in [1.165, 1.54) is 12.8 Å². The summed E-state index contributed by atoms with van der Waals surface area (Å²) in [5.74, 6) is 0.598. The zero-order chi connectivity index (χ0) is 13.1. The van der Waals surface area contributed by atoms with Gasteiger partial charge in [0.25, 0.3) is 0 Å². The maximum absolute atomic E-state index is 6.09. The van der Waals surface area contributed by atoms with Crippen LogP contribution in [0.15, 0.2) is 23.2 Å². The Kier molecular flexibility index (Phi) is 4.36. The molecular weight excluding hydrogens is 269 g/mol. The molecule has 0 amide bonds. The summed E-state index contributed by atoms with van der Waals surface area (Å²) in [5, 5.41) is 1.37. The molecule has 0 bridgehead atoms. The molecule has 2 rings (SSSR count). The molecule has 1 saturated carbocycles. The van der Waals surface area contributed by atoms with E-state index in [2.05, 4.69) is 4.99 Å². The largest absolute Gasteiger partial charge is 0.370 e. The smallest absolute Gasteiger partial charge is 0.191 e. The van der Waals surface area contributed by atoms with Crippen LogP contribution in [0.1, 0.15) is 18.4 Å². The first-order valence-corrected chi connectivity index (χ1v) is 6.81. The van der Waals surface area contributed by atoms with Crippen LogP contribution in [-0.4, -0.2) is 30.5 Å². The molecule has 0 radical (unpaired) electrons. The van der Waals surface area contributed by atoms with Gasteiger partial charge in [-0.15, -0.1) is 0 Å². The van der Waals surface area contributed by atoms with E-state index in [9.17, 15) is 0 Å². The van der Waals surface area contributed by atoms with E-state index >= 15 is 0 Å². The van der Waals surface area contributed by atoms with E-state index in [0.29, 0.717) is 35.0 Å². The van der Waals surface area contributed by atoms with Crippen LogP contribution >= 0.6 is 23.2 Å². The molecule has 1 aromatic carbocycles. The summed E-state index contributed by atoms with van der Waals surface area (Å²) < 4.78 is 0. The van der Waals surface area contributed by atoms with Gasteiger partial charge in [-0.1, -0.05) is 29.3 Å². The van der Waals surface area contributed by atoms with Crippen LogP contribution in [-0.2, 0) is 6.42 Å². The van der Waals surface area contributed by atoms with E-state index in [4.69, 9.17) is 28.9 Å². The van der Waals surface area contributed by atoms with Gasteiger partial charge in [0, 0.05) is 29.7 Å². The highest BCUT2D eigenvalue weighted by Crippen LogP contribution is 2.26. The number of hydrogen-bond acceptors (Lipinski definition) is 1. The average Bonchev–Trinajstić information content (AvgIpc) is 3.16. The van der Waals surface area contributed by atoms with Crippen molar-refractivity contribution in [2.24, 2.45) is 10.7 Å². The Bertz CT molecular complexity index is 435. The quantitative estimate of drug-likeness (QED) is 0.683. The molecule has 1 aromatic rings. The monoisotopic (exact) mass is 285 g/mol. The standard InChI is InChI=1S/C13H17Cl2N3/c1-18(9-5-6-9)13(16)17-8-7-10-11(14)3-2-4-12(10)15/h2-4,9H,5-8H2,1H3,(H2,16,17). The van der Waals surface area contributed by atoms with Crippen molar-refractivity contribution in [3.05, 3.63) is 33.8 Å². The summed E-state index contributed by atoms with van der Waals surface area (Å²) in [7, 11) is 1.99. The van der Waals surface area contributed by atoms with Crippen LogP contribution < -0.4 is 5.73 Å². The van der Waals surface area contributed by atoms with Crippen LogP contribution in [0, 0.1) is 0 Å². The van der Waals surface area contributed by atoms with Crippen LogP contribution in [0.25, 0.3) is 0 Å². The maximum atomic E-state index is 6.09. The minimum atomic E-state index is 0.581. The maximum Gasteiger partial charge on any atom is 0.191 e. The number of hydrogen-bond donors (Lipinski definition) is 1. The fourth-order valence-corrected chi connectivity index (χ4v) is 2.40. The second-order valence-corrected chi connectivity index (χ2v) is 5.35. The molecule has 1 aliphatic carbocycles. The molecule has 0 aromatic heterocycles. The second kappa shape index (κ2) is 5.81. The first kappa shape index (κ1) is 13.5. The molecule has 3 nitrogen and oxygen atoms in total. The second-order valence-electron chi connectivity index (χ2n) is 4.53. The SMILES string of the molecule is CN(C(N)=NCCc1c(Cl)cccc1Cl)C1CC1. The van der Waals surface area contributed by atoms with Gasteiger partial charge in [0.05, 0.1) is 0 Å². The third kappa shape index (κ3) is 3.30. The van der Waals surface area contributed by atoms with Gasteiger partial charge in [0.2, 0.25) is 0 Å². The normalized spacial score (nSPS) is 15.8. The molecule has 2 N–H and O–H groups in total. The highest BCUT2D eigenvalue weighted by molar-refractivity contribution is 6.35. The van der Waals surface area contributed by atoms with E-state index < -0.39 is 0 Å². The summed E-state index contributed by atoms with van der Waals surface area (Å²) in [5.41, 5.74) is 6.84. The van der Waals surface area contributed by atoms with Crippen LogP contribution in [0.4, 0.5) is 0 Å². The number of guanidine groups is 1. The first-order valence-electron chi connectivity index (χ1n) is 6.05. The molecular formula is C13H17Cl2N3. The number of halogens is 2. The van der Waals surface area contributed by atoms with Gasteiger partial charge in [0.15, 0.2) is 5.96 Å². The summed E-state index contributed by atoms with van der Waals surface area (Å²) >= 11 is 12.2. The Balaban J connectivity index is 1.93. The van der Waals surface area contributed by atoms with E-state index in [0.717, 1.165) is 5.56 Å². The minimum absolute atomic E-state index is 0.581. The van der Waals surface area contributed by atoms with Crippen LogP contribution in [0.3, 0.4) is 0 Å². The van der Waals surface area contributed by atoms with Crippen molar-refractivity contribution < 1.29 is 0 Å². The van der Waals surface area contributed by atoms with Crippen molar-refractivity contribution in [3.63, 3.8) is 0 Å². The molecule has 5 heteroatoms. The van der Waals surface area contributed by atoms with Crippen molar-refractivity contribution >= 4 is 29.2 Å².